The molecular formula is C46H64N2O7. The van der Waals surface area contributed by atoms with Gasteiger partial charge in [-0.05, 0) is 118 Å². The lowest BCUT2D eigenvalue weighted by atomic mass is 9.55. The molecule has 0 radical (unpaired) electrons. The Morgan fingerprint density at radius 3 is 2.44 bits per heavy atom. The van der Waals surface area contributed by atoms with E-state index >= 15 is 0 Å². The highest BCUT2D eigenvalue weighted by atomic mass is 16.7. The van der Waals surface area contributed by atoms with Crippen molar-refractivity contribution < 1.29 is 34.1 Å². The monoisotopic (exact) mass is 756 g/mol. The number of carbonyl (C=O) groups is 1. The number of amides is 1. The first-order valence-corrected chi connectivity index (χ1v) is 21.0. The quantitative estimate of drug-likeness (QED) is 0.0836. The normalized spacial score (nSPS) is 26.5. The lowest BCUT2D eigenvalue weighted by Crippen LogP contribution is -2.69. The number of ether oxygens (including phenoxy) is 3. The molecule has 2 aromatic carbocycles. The first-order chi connectivity index (χ1) is 26.7. The number of likely N-dealkylation sites (N-methyl/N-ethyl adjacent to an activating group) is 1. The van der Waals surface area contributed by atoms with Crippen LogP contribution in [0.4, 0.5) is 0 Å². The van der Waals surface area contributed by atoms with Crippen molar-refractivity contribution in [2.75, 3.05) is 33.5 Å². The Bertz CT molecular complexity index is 1680. The summed E-state index contributed by atoms with van der Waals surface area (Å²) in [6, 6.07) is 11.8. The summed E-state index contributed by atoms with van der Waals surface area (Å²) >= 11 is 0. The molecule has 0 spiro atoms. The number of aliphatic hydroxyl groups is 2. The highest BCUT2D eigenvalue weighted by Crippen LogP contribution is 2.62. The number of nitrogens with zero attached hydrogens (tertiary/aromatic N) is 2. The molecule has 6 rings (SSSR count). The maximum Gasteiger partial charge on any atom is 0.239 e. The Hall–Kier alpha value is -3.66. The number of unbranched alkanes of at least 4 members (excludes halogenated alkanes) is 2. The van der Waals surface area contributed by atoms with Crippen LogP contribution in [0.5, 0.6) is 17.2 Å². The summed E-state index contributed by atoms with van der Waals surface area (Å²) in [6.07, 6.45) is 15.8. The third kappa shape index (κ3) is 9.00. The van der Waals surface area contributed by atoms with Gasteiger partial charge in [0.2, 0.25) is 11.7 Å². The van der Waals surface area contributed by atoms with Gasteiger partial charge in [0, 0.05) is 44.6 Å². The SMILES string of the molecule is C=CCO[C@@]12Oc3ccc(Oc4ccc(C)c(C)c4)cc3[C@H]3[C@H](CCCCO)[C@@H](CCCCO)C=C(C(=NOCC)C[C@@H]1N(C)C(=O)CCC1CCCC1)[C@H]32. The second-order valence-corrected chi connectivity index (χ2v) is 16.2. The minimum Gasteiger partial charge on any atom is -0.459 e. The van der Waals surface area contributed by atoms with Crippen molar-refractivity contribution in [3.8, 4) is 17.2 Å². The molecule has 1 heterocycles. The summed E-state index contributed by atoms with van der Waals surface area (Å²) in [5.41, 5.74) is 5.29. The Morgan fingerprint density at radius 1 is 1.00 bits per heavy atom. The van der Waals surface area contributed by atoms with Crippen LogP contribution in [0.1, 0.15) is 113 Å². The molecule has 2 aromatic rings. The smallest absolute Gasteiger partial charge is 0.239 e. The van der Waals surface area contributed by atoms with Crippen molar-refractivity contribution in [1.82, 2.24) is 4.90 Å². The Balaban J connectivity index is 1.51. The molecule has 0 bridgehead atoms. The number of hydrogen-bond acceptors (Lipinski definition) is 8. The maximum atomic E-state index is 14.3. The van der Waals surface area contributed by atoms with Crippen LogP contribution in [-0.4, -0.2) is 72.0 Å². The van der Waals surface area contributed by atoms with Crippen LogP contribution >= 0.6 is 0 Å². The fourth-order valence-corrected chi connectivity index (χ4v) is 9.82. The van der Waals surface area contributed by atoms with E-state index in [0.29, 0.717) is 31.8 Å². The number of aliphatic hydroxyl groups excluding tert-OH is 2. The fraction of sp³-hybridized carbons (Fsp3) is 0.609. The first-order valence-electron chi connectivity index (χ1n) is 21.0. The Kier molecular flexibility index (Phi) is 14.1. The zero-order valence-electron chi connectivity index (χ0n) is 33.6. The van der Waals surface area contributed by atoms with Gasteiger partial charge in [-0.15, -0.1) is 6.58 Å². The van der Waals surface area contributed by atoms with Crippen LogP contribution in [0.25, 0.3) is 0 Å². The molecule has 2 N–H and O–H groups in total. The van der Waals surface area contributed by atoms with Crippen molar-refractivity contribution in [1.29, 1.82) is 0 Å². The van der Waals surface area contributed by atoms with Gasteiger partial charge in [0.05, 0.1) is 18.2 Å². The molecule has 0 saturated heterocycles. The van der Waals surface area contributed by atoms with E-state index < -0.39 is 11.8 Å². The summed E-state index contributed by atoms with van der Waals surface area (Å²) in [5, 5.41) is 24.5. The molecular weight excluding hydrogens is 693 g/mol. The minimum absolute atomic E-state index is 0.0851. The molecule has 1 amide bonds. The summed E-state index contributed by atoms with van der Waals surface area (Å²) in [6.45, 7) is 11.1. The average Bonchev–Trinajstić information content (AvgIpc) is 3.72. The molecule has 0 aromatic heterocycles. The second kappa shape index (κ2) is 19.0. The predicted octanol–water partition coefficient (Wildman–Crippen LogP) is 9.18. The molecule has 0 unspecified atom stereocenters. The molecule has 9 nitrogen and oxygen atoms in total. The van der Waals surface area contributed by atoms with Crippen LogP contribution in [0.3, 0.4) is 0 Å². The third-order valence-corrected chi connectivity index (χ3v) is 12.8. The van der Waals surface area contributed by atoms with Gasteiger partial charge in [-0.25, -0.2) is 0 Å². The predicted molar refractivity (Wildman–Crippen MR) is 217 cm³/mol. The third-order valence-electron chi connectivity index (χ3n) is 12.8. The van der Waals surface area contributed by atoms with Crippen molar-refractivity contribution >= 4 is 11.6 Å². The van der Waals surface area contributed by atoms with E-state index in [1.54, 1.807) is 6.08 Å². The average molecular weight is 757 g/mol. The number of benzene rings is 2. The van der Waals surface area contributed by atoms with E-state index in [1.807, 2.05) is 37.1 Å². The van der Waals surface area contributed by atoms with Crippen LogP contribution in [-0.2, 0) is 14.4 Å². The Morgan fingerprint density at radius 2 is 1.73 bits per heavy atom. The van der Waals surface area contributed by atoms with Crippen LogP contribution in [0.15, 0.2) is 65.9 Å². The van der Waals surface area contributed by atoms with Gasteiger partial charge < -0.3 is 34.2 Å². The van der Waals surface area contributed by atoms with Crippen molar-refractivity contribution in [3.63, 3.8) is 0 Å². The lowest BCUT2D eigenvalue weighted by molar-refractivity contribution is -0.255. The van der Waals surface area contributed by atoms with Crippen molar-refractivity contribution in [2.45, 2.75) is 122 Å². The molecule has 6 atom stereocenters. The summed E-state index contributed by atoms with van der Waals surface area (Å²) in [7, 11) is 1.90. The lowest BCUT2D eigenvalue weighted by Gasteiger charge is -2.59. The van der Waals surface area contributed by atoms with E-state index in [4.69, 9.17) is 24.2 Å². The topological polar surface area (TPSA) is 110 Å². The van der Waals surface area contributed by atoms with Gasteiger partial charge in [0.1, 0.15) is 29.9 Å². The van der Waals surface area contributed by atoms with E-state index in [0.717, 1.165) is 78.2 Å². The van der Waals surface area contributed by atoms with E-state index in [9.17, 15) is 15.0 Å². The molecule has 3 aliphatic carbocycles. The van der Waals surface area contributed by atoms with E-state index in [1.165, 1.54) is 31.2 Å². The van der Waals surface area contributed by atoms with Crippen LogP contribution in [0.2, 0.25) is 0 Å². The number of oxime groups is 1. The summed E-state index contributed by atoms with van der Waals surface area (Å²) in [4.78, 5) is 22.0. The van der Waals surface area contributed by atoms with Gasteiger partial charge in [-0.2, -0.15) is 0 Å². The molecule has 55 heavy (non-hydrogen) atoms. The van der Waals surface area contributed by atoms with Gasteiger partial charge in [-0.1, -0.05) is 61.9 Å². The molecule has 2 fully saturated rings. The molecule has 2 saturated carbocycles. The van der Waals surface area contributed by atoms with Crippen LogP contribution < -0.4 is 9.47 Å². The summed E-state index contributed by atoms with van der Waals surface area (Å²) in [5.74, 6) is 1.58. The first kappa shape index (κ1) is 41.0. The Labute approximate surface area is 328 Å². The minimum atomic E-state index is -1.23. The van der Waals surface area contributed by atoms with Crippen molar-refractivity contribution in [2.24, 2.45) is 28.8 Å². The van der Waals surface area contributed by atoms with E-state index in [2.05, 4.69) is 44.7 Å². The highest BCUT2D eigenvalue weighted by molar-refractivity contribution is 6.03. The molecule has 4 aliphatic rings. The maximum absolute atomic E-state index is 14.3. The molecule has 300 valence electrons. The largest absolute Gasteiger partial charge is 0.459 e. The number of aryl methyl sites for hydroxylation is 2. The summed E-state index contributed by atoms with van der Waals surface area (Å²) < 4.78 is 20.9. The van der Waals surface area contributed by atoms with Gasteiger partial charge in [0.15, 0.2) is 0 Å². The fourth-order valence-electron chi connectivity index (χ4n) is 9.82. The zero-order chi connectivity index (χ0) is 39.0. The van der Waals surface area contributed by atoms with Gasteiger partial charge >= 0.3 is 0 Å². The van der Waals surface area contributed by atoms with Crippen LogP contribution in [0, 0.1) is 37.5 Å². The van der Waals surface area contributed by atoms with Gasteiger partial charge in [-0.3, -0.25) is 4.79 Å². The molecule has 1 aliphatic heterocycles. The number of hydrogen-bond donors (Lipinski definition) is 2. The number of fused-ring (bicyclic) bond motifs is 2. The number of rotatable bonds is 19. The number of carbonyl (C=O) groups excluding carboxylic acids is 1. The highest BCUT2D eigenvalue weighted by Gasteiger charge is 2.65. The second-order valence-electron chi connectivity index (χ2n) is 16.2. The zero-order valence-corrected chi connectivity index (χ0v) is 33.6. The van der Waals surface area contributed by atoms with Crippen molar-refractivity contribution in [3.05, 3.63) is 77.4 Å². The van der Waals surface area contributed by atoms with Gasteiger partial charge in [0.25, 0.3) is 0 Å². The number of allylic oxidation sites excluding steroid dienone is 1. The standard InChI is InChI=1S/C46H64N2O7/c1-6-26-52-46-42(48(5)43(51)23-19-33-14-8-9-15-33)30-40(47-53-7-2)38-28-34(16-10-12-24-49)37(17-11-13-25-50)44(45(38)46)39-29-36(21-22-41(39)55-46)54-35-20-18-31(3)32(4)27-35/h6,18,20-22,27-29,33-34,37,42,44-45,49-50H,1,7-17,19,23-26,30H2,2-5H3/t34-,37+,42-,44+,45+,46+/m0/s1. The van der Waals surface area contributed by atoms with E-state index in [-0.39, 0.29) is 49.4 Å². The molecule has 9 heteroatoms.